The molecule has 7 heteroatoms. The summed E-state index contributed by atoms with van der Waals surface area (Å²) in [5, 5.41) is 19.9. The Hall–Kier alpha value is -2.28. The number of aromatic nitrogens is 3. The van der Waals surface area contributed by atoms with Crippen LogP contribution in [-0.4, -0.2) is 32.2 Å². The molecule has 6 nitrogen and oxygen atoms in total. The molecule has 0 spiro atoms. The number of nitrogens with zero attached hydrogens (tertiary/aromatic N) is 3. The summed E-state index contributed by atoms with van der Waals surface area (Å²) >= 11 is 5.11. The van der Waals surface area contributed by atoms with Gasteiger partial charge in [0.25, 0.3) is 0 Å². The van der Waals surface area contributed by atoms with Crippen molar-refractivity contribution < 1.29 is 9.90 Å². The highest BCUT2D eigenvalue weighted by molar-refractivity contribution is 7.71. The van der Waals surface area contributed by atoms with Crippen LogP contribution in [-0.2, 0) is 6.42 Å². The van der Waals surface area contributed by atoms with Gasteiger partial charge in [-0.1, -0.05) is 19.1 Å². The van der Waals surface area contributed by atoms with Crippen molar-refractivity contribution in [3.8, 4) is 0 Å². The quantitative estimate of drug-likeness (QED) is 0.654. The van der Waals surface area contributed by atoms with Crippen molar-refractivity contribution in [2.75, 3.05) is 0 Å². The zero-order chi connectivity index (χ0) is 14.5. The molecule has 0 aliphatic heterocycles. The summed E-state index contributed by atoms with van der Waals surface area (Å²) < 4.78 is 2.01. The van der Waals surface area contributed by atoms with E-state index in [0.717, 1.165) is 24.2 Å². The predicted octanol–water partition coefficient (Wildman–Crippen LogP) is 2.47. The van der Waals surface area contributed by atoms with Crippen LogP contribution in [0.4, 0.5) is 0 Å². The van der Waals surface area contributed by atoms with Crippen molar-refractivity contribution in [3.63, 3.8) is 0 Å². The second-order valence-electron chi connectivity index (χ2n) is 4.18. The van der Waals surface area contributed by atoms with Crippen LogP contribution >= 0.6 is 12.2 Å². The van der Waals surface area contributed by atoms with Gasteiger partial charge in [0.15, 0.2) is 5.82 Å². The summed E-state index contributed by atoms with van der Waals surface area (Å²) in [4.78, 5) is 10.8. The van der Waals surface area contributed by atoms with E-state index in [4.69, 9.17) is 17.3 Å². The summed E-state index contributed by atoms with van der Waals surface area (Å²) in [6.07, 6.45) is 3.35. The molecule has 0 bridgehead atoms. The van der Waals surface area contributed by atoms with Crippen LogP contribution in [0.3, 0.4) is 0 Å². The normalized spacial score (nSPS) is 11.1. The standard InChI is InChI=1S/C13H14N4O2S/c1-2-3-11-15-16-13(20)17(11)14-8-9-4-6-10(7-5-9)12(18)19/h4-8H,2-3H2,1H3,(H,16,20)(H,18,19)/b14-8+. The molecule has 1 heterocycles. The van der Waals surface area contributed by atoms with Crippen molar-refractivity contribution >= 4 is 24.4 Å². The van der Waals surface area contributed by atoms with Gasteiger partial charge in [0.05, 0.1) is 11.8 Å². The molecular formula is C13H14N4O2S. The van der Waals surface area contributed by atoms with Gasteiger partial charge in [0.1, 0.15) is 0 Å². The molecule has 0 amide bonds. The van der Waals surface area contributed by atoms with Gasteiger partial charge in [-0.15, -0.1) is 0 Å². The molecule has 0 atom stereocenters. The van der Waals surface area contributed by atoms with E-state index < -0.39 is 5.97 Å². The van der Waals surface area contributed by atoms with Gasteiger partial charge in [-0.25, -0.2) is 4.79 Å². The van der Waals surface area contributed by atoms with E-state index in [-0.39, 0.29) is 5.56 Å². The summed E-state index contributed by atoms with van der Waals surface area (Å²) in [7, 11) is 0. The average Bonchev–Trinajstić information content (AvgIpc) is 2.78. The third-order valence-corrected chi connectivity index (χ3v) is 2.94. The molecule has 0 saturated carbocycles. The van der Waals surface area contributed by atoms with Crippen molar-refractivity contribution in [3.05, 3.63) is 46.0 Å². The Labute approximate surface area is 120 Å². The minimum atomic E-state index is -0.948. The van der Waals surface area contributed by atoms with Crippen molar-refractivity contribution in [1.29, 1.82) is 0 Å². The zero-order valence-electron chi connectivity index (χ0n) is 10.9. The molecule has 20 heavy (non-hydrogen) atoms. The Morgan fingerprint density at radius 1 is 1.50 bits per heavy atom. The van der Waals surface area contributed by atoms with Crippen LogP contribution in [0.5, 0.6) is 0 Å². The smallest absolute Gasteiger partial charge is 0.335 e. The number of carboxylic acids is 1. The minimum Gasteiger partial charge on any atom is -0.478 e. The number of aromatic amines is 1. The Morgan fingerprint density at radius 2 is 2.20 bits per heavy atom. The number of carbonyl (C=O) groups is 1. The lowest BCUT2D eigenvalue weighted by Gasteiger charge is -1.99. The van der Waals surface area contributed by atoms with Crippen LogP contribution in [0.15, 0.2) is 29.4 Å². The largest absolute Gasteiger partial charge is 0.478 e. The second kappa shape index (κ2) is 6.25. The van der Waals surface area contributed by atoms with Gasteiger partial charge in [-0.05, 0) is 36.3 Å². The molecular weight excluding hydrogens is 276 g/mol. The molecule has 2 N–H and O–H groups in total. The molecule has 0 saturated heterocycles. The maximum Gasteiger partial charge on any atom is 0.335 e. The number of hydrogen-bond donors (Lipinski definition) is 2. The van der Waals surface area contributed by atoms with E-state index in [2.05, 4.69) is 22.2 Å². The summed E-state index contributed by atoms with van der Waals surface area (Å²) in [5.41, 5.74) is 1.04. The fourth-order valence-corrected chi connectivity index (χ4v) is 1.86. The SMILES string of the molecule is CCCc1n[nH]c(=S)n1/N=C/c1ccc(C(=O)O)cc1. The first kappa shape index (κ1) is 14.1. The maximum atomic E-state index is 10.8. The first-order valence-electron chi connectivity index (χ1n) is 6.16. The predicted molar refractivity (Wildman–Crippen MR) is 77.8 cm³/mol. The van der Waals surface area contributed by atoms with E-state index in [9.17, 15) is 4.79 Å². The lowest BCUT2D eigenvalue weighted by molar-refractivity contribution is 0.0697. The number of nitrogens with one attached hydrogen (secondary N) is 1. The maximum absolute atomic E-state index is 10.8. The van der Waals surface area contributed by atoms with E-state index in [1.54, 1.807) is 23.0 Å². The fraction of sp³-hybridized carbons (Fsp3) is 0.231. The molecule has 0 aliphatic carbocycles. The number of aryl methyl sites for hydroxylation is 1. The van der Waals surface area contributed by atoms with Crippen LogP contribution in [0, 0.1) is 4.77 Å². The summed E-state index contributed by atoms with van der Waals surface area (Å²) in [6.45, 7) is 2.05. The third kappa shape index (κ3) is 3.18. The molecule has 0 unspecified atom stereocenters. The number of aromatic carboxylic acids is 1. The summed E-state index contributed by atoms with van der Waals surface area (Å²) in [5.74, 6) is -0.174. The van der Waals surface area contributed by atoms with Crippen molar-refractivity contribution in [2.24, 2.45) is 5.10 Å². The zero-order valence-corrected chi connectivity index (χ0v) is 11.7. The number of carboxylic acid groups (broad SMARTS) is 1. The van der Waals surface area contributed by atoms with E-state index in [0.29, 0.717) is 4.77 Å². The van der Waals surface area contributed by atoms with Crippen molar-refractivity contribution in [1.82, 2.24) is 14.9 Å². The molecule has 0 aliphatic rings. The van der Waals surface area contributed by atoms with Crippen LogP contribution in [0.25, 0.3) is 0 Å². The number of hydrogen-bond acceptors (Lipinski definition) is 4. The first-order chi connectivity index (χ1) is 9.61. The van der Waals surface area contributed by atoms with Gasteiger partial charge in [-0.2, -0.15) is 14.9 Å². The van der Waals surface area contributed by atoms with Gasteiger partial charge in [0, 0.05) is 6.42 Å². The Morgan fingerprint density at radius 3 is 2.80 bits per heavy atom. The van der Waals surface area contributed by atoms with Gasteiger partial charge in [-0.3, -0.25) is 5.10 Å². The van der Waals surface area contributed by atoms with E-state index >= 15 is 0 Å². The highest BCUT2D eigenvalue weighted by atomic mass is 32.1. The molecule has 2 rings (SSSR count). The monoisotopic (exact) mass is 290 g/mol. The van der Waals surface area contributed by atoms with Crippen LogP contribution < -0.4 is 0 Å². The van der Waals surface area contributed by atoms with Crippen LogP contribution in [0.2, 0.25) is 0 Å². The molecule has 104 valence electrons. The molecule has 1 aromatic heterocycles. The lowest BCUT2D eigenvalue weighted by atomic mass is 10.1. The minimum absolute atomic E-state index is 0.244. The highest BCUT2D eigenvalue weighted by Gasteiger charge is 2.03. The second-order valence-corrected chi connectivity index (χ2v) is 4.57. The van der Waals surface area contributed by atoms with Crippen LogP contribution in [0.1, 0.15) is 35.1 Å². The van der Waals surface area contributed by atoms with E-state index in [1.165, 1.54) is 12.1 Å². The Balaban J connectivity index is 2.23. The molecule has 0 radical (unpaired) electrons. The lowest BCUT2D eigenvalue weighted by Crippen LogP contribution is -1.99. The van der Waals surface area contributed by atoms with Gasteiger partial charge < -0.3 is 5.11 Å². The highest BCUT2D eigenvalue weighted by Crippen LogP contribution is 2.04. The van der Waals surface area contributed by atoms with Gasteiger partial charge >= 0.3 is 5.97 Å². The molecule has 1 aromatic carbocycles. The number of rotatable bonds is 5. The number of H-pyrrole nitrogens is 1. The average molecular weight is 290 g/mol. The Bertz CT molecular complexity index is 685. The molecule has 0 fully saturated rings. The van der Waals surface area contributed by atoms with Gasteiger partial charge in [0.2, 0.25) is 4.77 Å². The van der Waals surface area contributed by atoms with E-state index in [1.807, 2.05) is 0 Å². The number of benzene rings is 1. The summed E-state index contributed by atoms with van der Waals surface area (Å²) in [6, 6.07) is 6.45. The first-order valence-corrected chi connectivity index (χ1v) is 6.56. The molecule has 2 aromatic rings. The topological polar surface area (TPSA) is 83.3 Å². The fourth-order valence-electron chi connectivity index (χ4n) is 1.66. The Kier molecular flexibility index (Phi) is 4.41. The van der Waals surface area contributed by atoms with Crippen molar-refractivity contribution in [2.45, 2.75) is 19.8 Å². The third-order valence-electron chi connectivity index (χ3n) is 2.67.